The number of piperidine rings is 2. The van der Waals surface area contributed by atoms with Crippen LogP contribution in [0.2, 0.25) is 0 Å². The molecule has 33 heavy (non-hydrogen) atoms. The molecule has 2 bridgehead atoms. The van der Waals surface area contributed by atoms with Crippen LogP contribution in [0, 0.1) is 12.8 Å². The second-order valence-electron chi connectivity index (χ2n) is 8.52. The topological polar surface area (TPSA) is 102 Å². The molecular formula is C21H21F3N8O. The third kappa shape index (κ3) is 3.89. The second-order valence-corrected chi connectivity index (χ2v) is 8.52. The lowest BCUT2D eigenvalue weighted by Crippen LogP contribution is -2.67. The normalized spacial score (nSPS) is 22.1. The summed E-state index contributed by atoms with van der Waals surface area (Å²) in [6, 6.07) is 3.57. The van der Waals surface area contributed by atoms with Gasteiger partial charge >= 0.3 is 6.18 Å². The van der Waals surface area contributed by atoms with Gasteiger partial charge in [-0.1, -0.05) is 0 Å². The van der Waals surface area contributed by atoms with Crippen molar-refractivity contribution in [1.82, 2.24) is 34.8 Å². The Hall–Kier alpha value is -3.57. The van der Waals surface area contributed by atoms with Crippen molar-refractivity contribution in [2.45, 2.75) is 37.9 Å². The average molecular weight is 458 g/mol. The Morgan fingerprint density at radius 1 is 1.18 bits per heavy atom. The van der Waals surface area contributed by atoms with E-state index in [4.69, 9.17) is 0 Å². The quantitative estimate of drug-likeness (QED) is 0.627. The largest absolute Gasteiger partial charge is 0.434 e. The number of carbonyl (C=O) groups excluding carboxylic acids is 1. The predicted molar refractivity (Wildman–Crippen MR) is 111 cm³/mol. The number of rotatable bonds is 5. The van der Waals surface area contributed by atoms with E-state index in [9.17, 15) is 18.0 Å². The minimum absolute atomic E-state index is 0.218. The van der Waals surface area contributed by atoms with Crippen LogP contribution in [-0.2, 0) is 6.18 Å². The first-order valence-electron chi connectivity index (χ1n) is 10.5. The van der Waals surface area contributed by atoms with Crippen LogP contribution in [-0.4, -0.2) is 59.4 Å². The van der Waals surface area contributed by atoms with Gasteiger partial charge in [0.05, 0.1) is 30.3 Å². The summed E-state index contributed by atoms with van der Waals surface area (Å²) in [5.74, 6) is 0.533. The fourth-order valence-corrected chi connectivity index (χ4v) is 4.70. The lowest BCUT2D eigenvalue weighted by Gasteiger charge is -2.59. The van der Waals surface area contributed by atoms with Crippen molar-refractivity contribution >= 4 is 11.7 Å². The Labute approximate surface area is 187 Å². The maximum Gasteiger partial charge on any atom is 0.434 e. The Bertz CT molecular complexity index is 1160. The summed E-state index contributed by atoms with van der Waals surface area (Å²) in [6.07, 6.45) is 2.79. The van der Waals surface area contributed by atoms with Gasteiger partial charge in [-0.25, -0.2) is 15.0 Å². The van der Waals surface area contributed by atoms with E-state index >= 15 is 0 Å². The molecule has 2 aliphatic heterocycles. The summed E-state index contributed by atoms with van der Waals surface area (Å²) in [7, 11) is 0. The lowest BCUT2D eigenvalue weighted by molar-refractivity contribution is -0.141. The Morgan fingerprint density at radius 3 is 2.61 bits per heavy atom. The zero-order valence-corrected chi connectivity index (χ0v) is 17.7. The first kappa shape index (κ1) is 21.3. The zero-order valence-electron chi connectivity index (χ0n) is 17.7. The number of fused-ring (bicyclic) bond motifs is 2. The summed E-state index contributed by atoms with van der Waals surface area (Å²) in [6.45, 7) is 2.75. The average Bonchev–Trinajstić information content (AvgIpc) is 3.31. The summed E-state index contributed by atoms with van der Waals surface area (Å²) in [4.78, 5) is 28.7. The SMILES string of the molecule is Cc1ccc(-n2nccn2)c(C(=O)N2CCC3CC2(CNc2cnc(C(F)(F)F)cn2)C3)n1. The number of hydrogen-bond acceptors (Lipinski definition) is 7. The number of nitrogens with one attached hydrogen (secondary N) is 1. The zero-order chi connectivity index (χ0) is 23.2. The van der Waals surface area contributed by atoms with Crippen molar-refractivity contribution in [3.8, 4) is 5.69 Å². The molecule has 5 heterocycles. The number of anilines is 1. The van der Waals surface area contributed by atoms with Gasteiger partial charge in [0.15, 0.2) is 11.4 Å². The minimum Gasteiger partial charge on any atom is -0.366 e. The highest BCUT2D eigenvalue weighted by atomic mass is 19.4. The summed E-state index contributed by atoms with van der Waals surface area (Å²) in [5.41, 5.74) is -0.0522. The van der Waals surface area contributed by atoms with Gasteiger partial charge < -0.3 is 10.2 Å². The van der Waals surface area contributed by atoms with Crippen molar-refractivity contribution in [3.05, 3.63) is 54.0 Å². The highest BCUT2D eigenvalue weighted by molar-refractivity contribution is 5.96. The number of alkyl halides is 3. The number of amides is 1. The van der Waals surface area contributed by atoms with Crippen molar-refractivity contribution in [1.29, 1.82) is 0 Å². The van der Waals surface area contributed by atoms with E-state index in [1.807, 2.05) is 11.8 Å². The summed E-state index contributed by atoms with van der Waals surface area (Å²) >= 11 is 0. The van der Waals surface area contributed by atoms with Gasteiger partial charge in [-0.3, -0.25) is 4.79 Å². The first-order chi connectivity index (χ1) is 15.7. The van der Waals surface area contributed by atoms with Crippen LogP contribution in [0.4, 0.5) is 19.0 Å². The monoisotopic (exact) mass is 458 g/mol. The molecule has 6 rings (SSSR count). The Morgan fingerprint density at radius 2 is 1.94 bits per heavy atom. The fourth-order valence-electron chi connectivity index (χ4n) is 4.70. The van der Waals surface area contributed by atoms with Crippen LogP contribution in [0.1, 0.15) is 41.1 Å². The number of aryl methyl sites for hydroxylation is 1. The minimum atomic E-state index is -4.54. The van der Waals surface area contributed by atoms with E-state index in [1.165, 1.54) is 17.2 Å². The first-order valence-corrected chi connectivity index (χ1v) is 10.5. The van der Waals surface area contributed by atoms with Gasteiger partial charge in [0.2, 0.25) is 0 Å². The number of halogens is 3. The van der Waals surface area contributed by atoms with Crippen LogP contribution < -0.4 is 5.32 Å². The molecule has 1 aliphatic carbocycles. The van der Waals surface area contributed by atoms with E-state index in [0.717, 1.165) is 25.5 Å². The number of carbonyl (C=O) groups is 1. The van der Waals surface area contributed by atoms with Crippen LogP contribution in [0.5, 0.6) is 0 Å². The van der Waals surface area contributed by atoms with E-state index in [0.29, 0.717) is 36.6 Å². The molecule has 3 aromatic rings. The van der Waals surface area contributed by atoms with Gasteiger partial charge in [0.1, 0.15) is 11.5 Å². The second kappa shape index (κ2) is 7.78. The molecule has 3 aliphatic rings. The summed E-state index contributed by atoms with van der Waals surface area (Å²) < 4.78 is 38.2. The van der Waals surface area contributed by atoms with Crippen LogP contribution in [0.3, 0.4) is 0 Å². The Balaban J connectivity index is 1.38. The van der Waals surface area contributed by atoms with Gasteiger partial charge in [0.25, 0.3) is 5.91 Å². The molecule has 9 nitrogen and oxygen atoms in total. The van der Waals surface area contributed by atoms with E-state index in [1.54, 1.807) is 12.1 Å². The maximum absolute atomic E-state index is 13.7. The standard InChI is InChI=1S/C21H21F3N8O/c1-13-2-3-15(32-28-5-6-29-32)18(30-13)19(33)31-7-4-14-8-20(31,9-14)12-27-17-11-25-16(10-26-17)21(22,23)24/h2-3,5-6,10-11,14H,4,7-9,12H2,1H3,(H,26,27). The Kier molecular flexibility index (Phi) is 5.02. The van der Waals surface area contributed by atoms with E-state index in [2.05, 4.69) is 30.5 Å². The smallest absolute Gasteiger partial charge is 0.366 e. The molecular weight excluding hydrogens is 437 g/mol. The van der Waals surface area contributed by atoms with Crippen molar-refractivity contribution in [2.24, 2.45) is 5.92 Å². The number of pyridine rings is 1. The fraction of sp³-hybridized carbons (Fsp3) is 0.429. The van der Waals surface area contributed by atoms with Gasteiger partial charge in [-0.15, -0.1) is 4.80 Å². The molecule has 0 spiro atoms. The van der Waals surface area contributed by atoms with Gasteiger partial charge in [0, 0.05) is 18.8 Å². The molecule has 2 saturated heterocycles. The molecule has 1 saturated carbocycles. The van der Waals surface area contributed by atoms with Crippen LogP contribution in [0.15, 0.2) is 36.9 Å². The highest BCUT2D eigenvalue weighted by Gasteiger charge is 2.54. The third-order valence-corrected chi connectivity index (χ3v) is 6.31. The van der Waals surface area contributed by atoms with Crippen LogP contribution >= 0.6 is 0 Å². The molecule has 0 radical (unpaired) electrons. The van der Waals surface area contributed by atoms with Crippen LogP contribution in [0.25, 0.3) is 5.69 Å². The molecule has 0 unspecified atom stereocenters. The number of aromatic nitrogens is 6. The van der Waals surface area contributed by atoms with Crippen molar-refractivity contribution in [2.75, 3.05) is 18.4 Å². The number of hydrogen-bond donors (Lipinski definition) is 1. The van der Waals surface area contributed by atoms with Crippen molar-refractivity contribution in [3.63, 3.8) is 0 Å². The lowest BCUT2D eigenvalue weighted by atomic mass is 9.62. The van der Waals surface area contributed by atoms with Gasteiger partial charge in [-0.05, 0) is 44.2 Å². The third-order valence-electron chi connectivity index (χ3n) is 6.31. The molecule has 3 fully saturated rings. The van der Waals surface area contributed by atoms with E-state index < -0.39 is 17.4 Å². The van der Waals surface area contributed by atoms with Crippen molar-refractivity contribution < 1.29 is 18.0 Å². The maximum atomic E-state index is 13.7. The molecule has 172 valence electrons. The molecule has 1 amide bonds. The number of nitrogens with zero attached hydrogens (tertiary/aromatic N) is 7. The molecule has 12 heteroatoms. The molecule has 0 atom stereocenters. The van der Waals surface area contributed by atoms with E-state index in [-0.39, 0.29) is 17.4 Å². The highest BCUT2D eigenvalue weighted by Crippen LogP contribution is 2.49. The molecule has 0 aromatic carbocycles. The molecule has 1 N–H and O–H groups in total. The van der Waals surface area contributed by atoms with Gasteiger partial charge in [-0.2, -0.15) is 23.4 Å². The predicted octanol–water partition coefficient (Wildman–Crippen LogP) is 2.89. The summed E-state index contributed by atoms with van der Waals surface area (Å²) in [5, 5.41) is 11.4. The molecule has 3 aromatic heterocycles.